The highest BCUT2D eigenvalue weighted by Crippen LogP contribution is 2.43. The maximum atomic E-state index is 6.71. The zero-order valence-corrected chi connectivity index (χ0v) is 23.1. The first kappa shape index (κ1) is 26.3. The monoisotopic (exact) mass is 542 g/mol. The van der Waals surface area contributed by atoms with Crippen molar-refractivity contribution in [2.45, 2.75) is 51.2 Å². The lowest BCUT2D eigenvalue weighted by Crippen LogP contribution is -2.25. The van der Waals surface area contributed by atoms with Crippen LogP contribution in [0.15, 0.2) is 64.0 Å². The molecule has 0 aromatic heterocycles. The fourth-order valence-corrected chi connectivity index (χ4v) is 4.91. The van der Waals surface area contributed by atoms with Crippen molar-refractivity contribution in [3.8, 4) is 11.5 Å². The molecule has 0 aliphatic carbocycles. The van der Waals surface area contributed by atoms with Crippen molar-refractivity contribution >= 4 is 39.1 Å². The van der Waals surface area contributed by atoms with Crippen LogP contribution in [-0.4, -0.2) is 19.9 Å². The van der Waals surface area contributed by atoms with E-state index in [9.17, 15) is 0 Å². The Balaban J connectivity index is 1.90. The van der Waals surface area contributed by atoms with E-state index in [1.807, 2.05) is 30.5 Å². The van der Waals surface area contributed by atoms with E-state index in [2.05, 4.69) is 71.9 Å². The number of nitrogens with zero attached hydrogens (tertiary/aromatic N) is 1. The van der Waals surface area contributed by atoms with Crippen LogP contribution < -0.4 is 20.1 Å². The molecule has 0 aliphatic heterocycles. The predicted molar refractivity (Wildman–Crippen MR) is 150 cm³/mol. The van der Waals surface area contributed by atoms with Crippen LogP contribution in [0.4, 0.5) is 11.4 Å². The molecular weight excluding hydrogens is 508 g/mol. The number of para-hydroxylation sites is 1. The molecule has 2 N–H and O–H groups in total. The van der Waals surface area contributed by atoms with E-state index in [1.165, 1.54) is 11.1 Å². The van der Waals surface area contributed by atoms with Gasteiger partial charge in [0.2, 0.25) is 0 Å². The smallest absolute Gasteiger partial charge is 0.144 e. The Labute approximate surface area is 217 Å². The van der Waals surface area contributed by atoms with Gasteiger partial charge in [-0.2, -0.15) is 0 Å². The molecule has 0 unspecified atom stereocenters. The van der Waals surface area contributed by atoms with Gasteiger partial charge in [0, 0.05) is 28.0 Å². The number of methoxy groups -OCH3 is 1. The van der Waals surface area contributed by atoms with Crippen molar-refractivity contribution in [1.29, 1.82) is 0 Å². The molecule has 0 amide bonds. The third-order valence-electron chi connectivity index (χ3n) is 5.81. The fraction of sp³-hybridized carbons (Fsp3) is 0.357. The molecule has 0 spiro atoms. The Hall–Kier alpha value is -2.31. The minimum atomic E-state index is 0.392. The largest absolute Gasteiger partial charge is 0.494 e. The molecule has 34 heavy (non-hydrogen) atoms. The van der Waals surface area contributed by atoms with E-state index in [-0.39, 0.29) is 0 Å². The van der Waals surface area contributed by atoms with E-state index >= 15 is 0 Å². The van der Waals surface area contributed by atoms with Gasteiger partial charge in [-0.3, -0.25) is 0 Å². The number of ether oxygens (including phenoxy) is 2. The molecule has 3 aromatic carbocycles. The Morgan fingerprint density at radius 1 is 1.06 bits per heavy atom. The van der Waals surface area contributed by atoms with E-state index in [1.54, 1.807) is 18.9 Å². The molecule has 3 aromatic rings. The van der Waals surface area contributed by atoms with Gasteiger partial charge in [0.25, 0.3) is 0 Å². The molecule has 3 rings (SSSR count). The minimum Gasteiger partial charge on any atom is -0.494 e. The number of halogens is 1. The van der Waals surface area contributed by atoms with Crippen LogP contribution in [0.2, 0.25) is 0 Å². The standard InChI is InChI=1S/C28H35BrN2O2S/c1-6-15-31(17-20-11-13-21(14-12-20)19(2)3)28-24(32-4)16-22(26(29)27(28)30)18-33-23-9-7-8-10-25(23)34-5/h7-14,16,19H,6,15,17-18,30H2,1-5H3. The van der Waals surface area contributed by atoms with Crippen molar-refractivity contribution in [3.05, 3.63) is 75.8 Å². The summed E-state index contributed by atoms with van der Waals surface area (Å²) in [6.45, 7) is 8.63. The number of nitrogens with two attached hydrogens (primary N) is 1. The number of thioether (sulfide) groups is 1. The molecule has 0 radical (unpaired) electrons. The Morgan fingerprint density at radius 2 is 1.76 bits per heavy atom. The van der Waals surface area contributed by atoms with Crippen LogP contribution in [0, 0.1) is 0 Å². The minimum absolute atomic E-state index is 0.392. The van der Waals surface area contributed by atoms with Crippen molar-refractivity contribution in [3.63, 3.8) is 0 Å². The fourth-order valence-electron chi connectivity index (χ4n) is 3.95. The van der Waals surface area contributed by atoms with E-state index in [0.29, 0.717) is 18.2 Å². The molecule has 182 valence electrons. The van der Waals surface area contributed by atoms with Crippen molar-refractivity contribution in [2.24, 2.45) is 0 Å². The Morgan fingerprint density at radius 3 is 2.38 bits per heavy atom. The van der Waals surface area contributed by atoms with Crippen LogP contribution in [-0.2, 0) is 13.2 Å². The molecule has 0 aliphatic rings. The van der Waals surface area contributed by atoms with Crippen LogP contribution in [0.3, 0.4) is 0 Å². The van der Waals surface area contributed by atoms with Crippen LogP contribution in [0.25, 0.3) is 0 Å². The first-order valence-corrected chi connectivity index (χ1v) is 13.7. The number of hydrogen-bond donors (Lipinski definition) is 1. The molecule has 0 atom stereocenters. The molecule has 0 saturated heterocycles. The summed E-state index contributed by atoms with van der Waals surface area (Å²) >= 11 is 5.41. The third-order valence-corrected chi connectivity index (χ3v) is 7.53. The topological polar surface area (TPSA) is 47.7 Å². The van der Waals surface area contributed by atoms with Gasteiger partial charge < -0.3 is 20.1 Å². The average Bonchev–Trinajstić information content (AvgIpc) is 2.85. The number of anilines is 2. The Kier molecular flexibility index (Phi) is 9.60. The number of rotatable bonds is 11. The van der Waals surface area contributed by atoms with Gasteiger partial charge in [-0.1, -0.05) is 57.2 Å². The van der Waals surface area contributed by atoms with Gasteiger partial charge >= 0.3 is 0 Å². The van der Waals surface area contributed by atoms with Crippen molar-refractivity contribution < 1.29 is 9.47 Å². The number of nitrogen functional groups attached to an aromatic ring is 1. The first-order valence-electron chi connectivity index (χ1n) is 11.6. The van der Waals surface area contributed by atoms with Crippen LogP contribution in [0.1, 0.15) is 49.8 Å². The summed E-state index contributed by atoms with van der Waals surface area (Å²) in [5.41, 5.74) is 11.8. The van der Waals surface area contributed by atoms with E-state index in [0.717, 1.165) is 51.6 Å². The predicted octanol–water partition coefficient (Wildman–Crippen LogP) is 7.88. The van der Waals surface area contributed by atoms with Gasteiger partial charge in [0.05, 0.1) is 12.8 Å². The van der Waals surface area contributed by atoms with Gasteiger partial charge in [-0.25, -0.2) is 0 Å². The molecule has 0 bridgehead atoms. The summed E-state index contributed by atoms with van der Waals surface area (Å²) in [6.07, 6.45) is 3.05. The van der Waals surface area contributed by atoms with Gasteiger partial charge in [-0.05, 0) is 63.9 Å². The third kappa shape index (κ3) is 6.22. The normalized spacial score (nSPS) is 11.0. The lowest BCUT2D eigenvalue weighted by atomic mass is 10.0. The van der Waals surface area contributed by atoms with Gasteiger partial charge in [0.15, 0.2) is 0 Å². The van der Waals surface area contributed by atoms with Gasteiger partial charge in [0.1, 0.15) is 23.8 Å². The molecule has 6 heteroatoms. The molecule has 0 fully saturated rings. The highest BCUT2D eigenvalue weighted by molar-refractivity contribution is 9.10. The van der Waals surface area contributed by atoms with E-state index in [4.69, 9.17) is 15.2 Å². The molecular formula is C28H35BrN2O2S. The lowest BCUT2D eigenvalue weighted by molar-refractivity contribution is 0.297. The highest BCUT2D eigenvalue weighted by Gasteiger charge is 2.21. The summed E-state index contributed by atoms with van der Waals surface area (Å²) in [4.78, 5) is 3.41. The Bertz CT molecular complexity index is 1090. The second kappa shape index (κ2) is 12.4. The molecule has 4 nitrogen and oxygen atoms in total. The van der Waals surface area contributed by atoms with Gasteiger partial charge in [-0.15, -0.1) is 11.8 Å². The molecule has 0 heterocycles. The molecule has 0 saturated carbocycles. The zero-order valence-electron chi connectivity index (χ0n) is 20.7. The second-order valence-corrected chi connectivity index (χ2v) is 10.2. The summed E-state index contributed by atoms with van der Waals surface area (Å²) < 4.78 is 12.8. The highest BCUT2D eigenvalue weighted by atomic mass is 79.9. The zero-order chi connectivity index (χ0) is 24.7. The summed E-state index contributed by atoms with van der Waals surface area (Å²) in [5, 5.41) is 0. The van der Waals surface area contributed by atoms with E-state index < -0.39 is 0 Å². The SMILES string of the molecule is CCCN(Cc1ccc(C(C)C)cc1)c1c(OC)cc(COc2ccccc2SC)c(Br)c1N. The first-order chi connectivity index (χ1) is 16.4. The maximum absolute atomic E-state index is 6.71. The quantitative estimate of drug-likeness (QED) is 0.197. The summed E-state index contributed by atoms with van der Waals surface area (Å²) in [6, 6.07) is 18.9. The second-order valence-electron chi connectivity index (χ2n) is 8.57. The van der Waals surface area contributed by atoms with Crippen LogP contribution in [0.5, 0.6) is 11.5 Å². The average molecular weight is 544 g/mol. The number of benzene rings is 3. The maximum Gasteiger partial charge on any atom is 0.144 e. The van der Waals surface area contributed by atoms with Crippen LogP contribution >= 0.6 is 27.7 Å². The van der Waals surface area contributed by atoms with Crippen molar-refractivity contribution in [2.75, 3.05) is 30.5 Å². The number of hydrogen-bond acceptors (Lipinski definition) is 5. The summed E-state index contributed by atoms with van der Waals surface area (Å²) in [5.74, 6) is 2.14. The van der Waals surface area contributed by atoms with Crippen molar-refractivity contribution in [1.82, 2.24) is 0 Å². The summed E-state index contributed by atoms with van der Waals surface area (Å²) in [7, 11) is 1.70. The lowest BCUT2D eigenvalue weighted by Gasteiger charge is -2.29.